The van der Waals surface area contributed by atoms with E-state index in [1.54, 1.807) is 0 Å². The SMILES string of the molecule is Cc1c(NN)nc(C(C)(C)C)nc1OC1CCOC1. The minimum absolute atomic E-state index is 0.0621. The highest BCUT2D eigenvalue weighted by Gasteiger charge is 2.24. The summed E-state index contributed by atoms with van der Waals surface area (Å²) in [6.45, 7) is 9.41. The van der Waals surface area contributed by atoms with Crippen molar-refractivity contribution in [2.75, 3.05) is 18.6 Å². The Balaban J connectivity index is 2.34. The fourth-order valence-corrected chi connectivity index (χ4v) is 1.85. The molecule has 1 aromatic rings. The Bertz CT molecular complexity index is 451. The number of nitrogens with two attached hydrogens (primary N) is 1. The van der Waals surface area contributed by atoms with Crippen molar-refractivity contribution in [3.05, 3.63) is 11.4 Å². The summed E-state index contributed by atoms with van der Waals surface area (Å²) in [5.41, 5.74) is 3.27. The molecule has 106 valence electrons. The van der Waals surface area contributed by atoms with Gasteiger partial charge in [-0.05, 0) is 6.92 Å². The predicted molar refractivity (Wildman–Crippen MR) is 73.1 cm³/mol. The van der Waals surface area contributed by atoms with Gasteiger partial charge in [0.2, 0.25) is 5.88 Å². The van der Waals surface area contributed by atoms with E-state index >= 15 is 0 Å². The predicted octanol–water partition coefficient (Wildman–Crippen LogP) is 1.54. The van der Waals surface area contributed by atoms with Crippen LogP contribution in [-0.4, -0.2) is 29.3 Å². The first-order valence-electron chi connectivity index (χ1n) is 6.52. The number of hydrogen-bond donors (Lipinski definition) is 2. The van der Waals surface area contributed by atoms with Gasteiger partial charge in [0, 0.05) is 11.8 Å². The van der Waals surface area contributed by atoms with Gasteiger partial charge in [0.25, 0.3) is 0 Å². The molecule has 0 saturated carbocycles. The molecule has 0 spiro atoms. The molecule has 1 saturated heterocycles. The highest BCUT2D eigenvalue weighted by Crippen LogP contribution is 2.28. The van der Waals surface area contributed by atoms with Crippen molar-refractivity contribution in [1.82, 2.24) is 9.97 Å². The maximum atomic E-state index is 5.91. The van der Waals surface area contributed by atoms with E-state index in [0.717, 1.165) is 18.6 Å². The van der Waals surface area contributed by atoms with Gasteiger partial charge in [-0.3, -0.25) is 0 Å². The zero-order chi connectivity index (χ0) is 14.0. The van der Waals surface area contributed by atoms with Gasteiger partial charge >= 0.3 is 0 Å². The summed E-state index contributed by atoms with van der Waals surface area (Å²) in [6, 6.07) is 0. The molecule has 1 aliphatic rings. The monoisotopic (exact) mass is 266 g/mol. The van der Waals surface area contributed by atoms with Gasteiger partial charge in [-0.25, -0.2) is 10.8 Å². The number of rotatable bonds is 3. The average Bonchev–Trinajstić information content (AvgIpc) is 2.83. The van der Waals surface area contributed by atoms with Gasteiger partial charge in [-0.2, -0.15) is 4.98 Å². The van der Waals surface area contributed by atoms with Crippen LogP contribution in [0, 0.1) is 6.92 Å². The molecule has 1 aromatic heterocycles. The second kappa shape index (κ2) is 5.30. The minimum atomic E-state index is -0.163. The van der Waals surface area contributed by atoms with E-state index in [2.05, 4.69) is 36.2 Å². The zero-order valence-corrected chi connectivity index (χ0v) is 12.0. The van der Waals surface area contributed by atoms with Crippen molar-refractivity contribution >= 4 is 5.82 Å². The van der Waals surface area contributed by atoms with E-state index in [0.29, 0.717) is 24.1 Å². The van der Waals surface area contributed by atoms with Crippen LogP contribution in [0.15, 0.2) is 0 Å². The van der Waals surface area contributed by atoms with Gasteiger partial charge in [0.15, 0.2) is 5.82 Å². The molecule has 0 radical (unpaired) electrons. The van der Waals surface area contributed by atoms with Crippen molar-refractivity contribution in [1.29, 1.82) is 0 Å². The van der Waals surface area contributed by atoms with Crippen LogP contribution in [0.4, 0.5) is 5.82 Å². The summed E-state index contributed by atoms with van der Waals surface area (Å²) in [5.74, 6) is 7.42. The van der Waals surface area contributed by atoms with E-state index in [9.17, 15) is 0 Å². The van der Waals surface area contributed by atoms with Crippen LogP contribution in [0.5, 0.6) is 5.88 Å². The lowest BCUT2D eigenvalue weighted by molar-refractivity contribution is 0.137. The lowest BCUT2D eigenvalue weighted by Gasteiger charge is -2.21. The fourth-order valence-electron chi connectivity index (χ4n) is 1.85. The number of anilines is 1. The van der Waals surface area contributed by atoms with Gasteiger partial charge in [-0.15, -0.1) is 0 Å². The molecule has 6 nitrogen and oxygen atoms in total. The average molecular weight is 266 g/mol. The highest BCUT2D eigenvalue weighted by molar-refractivity contribution is 5.48. The Kier molecular flexibility index (Phi) is 3.91. The number of nitrogens with one attached hydrogen (secondary N) is 1. The number of nitrogens with zero attached hydrogens (tertiary/aromatic N) is 2. The fraction of sp³-hybridized carbons (Fsp3) is 0.692. The largest absolute Gasteiger partial charge is 0.471 e. The quantitative estimate of drug-likeness (QED) is 0.638. The van der Waals surface area contributed by atoms with E-state index in [1.165, 1.54) is 0 Å². The number of hydrogen-bond acceptors (Lipinski definition) is 6. The molecule has 0 aromatic carbocycles. The van der Waals surface area contributed by atoms with Crippen LogP contribution in [0.3, 0.4) is 0 Å². The van der Waals surface area contributed by atoms with Crippen LogP contribution in [0.2, 0.25) is 0 Å². The topological polar surface area (TPSA) is 82.3 Å². The lowest BCUT2D eigenvalue weighted by atomic mass is 9.95. The smallest absolute Gasteiger partial charge is 0.222 e. The Morgan fingerprint density at radius 3 is 2.63 bits per heavy atom. The first-order chi connectivity index (χ1) is 8.91. The summed E-state index contributed by atoms with van der Waals surface area (Å²) in [7, 11) is 0. The molecule has 6 heteroatoms. The van der Waals surface area contributed by atoms with E-state index in [4.69, 9.17) is 15.3 Å². The third kappa shape index (κ3) is 3.13. The molecule has 2 rings (SSSR count). The second-order valence-electron chi connectivity index (χ2n) is 5.82. The third-order valence-electron chi connectivity index (χ3n) is 3.07. The molecule has 3 N–H and O–H groups in total. The summed E-state index contributed by atoms with van der Waals surface area (Å²) in [5, 5.41) is 0. The van der Waals surface area contributed by atoms with Crippen LogP contribution < -0.4 is 16.0 Å². The maximum Gasteiger partial charge on any atom is 0.222 e. The zero-order valence-electron chi connectivity index (χ0n) is 12.0. The van der Waals surface area contributed by atoms with Crippen molar-refractivity contribution in [3.63, 3.8) is 0 Å². The molecule has 1 atom stereocenters. The van der Waals surface area contributed by atoms with E-state index in [1.807, 2.05) is 6.92 Å². The van der Waals surface area contributed by atoms with Crippen molar-refractivity contribution in [2.45, 2.75) is 45.6 Å². The van der Waals surface area contributed by atoms with Crippen molar-refractivity contribution in [3.8, 4) is 5.88 Å². The maximum absolute atomic E-state index is 5.91. The number of nitrogen functional groups attached to an aromatic ring is 1. The van der Waals surface area contributed by atoms with Gasteiger partial charge in [-0.1, -0.05) is 20.8 Å². The Hall–Kier alpha value is -1.40. The van der Waals surface area contributed by atoms with Crippen LogP contribution in [-0.2, 0) is 10.2 Å². The Morgan fingerprint density at radius 1 is 1.37 bits per heavy atom. The Labute approximate surface area is 113 Å². The number of aromatic nitrogens is 2. The van der Waals surface area contributed by atoms with E-state index in [-0.39, 0.29) is 11.5 Å². The van der Waals surface area contributed by atoms with Gasteiger partial charge < -0.3 is 14.9 Å². The standard InChI is InChI=1S/C13H22N4O2/c1-8-10(17-14)15-12(13(2,3)4)16-11(8)19-9-5-6-18-7-9/h9H,5-7,14H2,1-4H3,(H,15,16,17). The third-order valence-corrected chi connectivity index (χ3v) is 3.07. The molecular weight excluding hydrogens is 244 g/mol. The molecule has 1 fully saturated rings. The molecule has 0 bridgehead atoms. The van der Waals surface area contributed by atoms with E-state index < -0.39 is 0 Å². The highest BCUT2D eigenvalue weighted by atomic mass is 16.5. The van der Waals surface area contributed by atoms with Crippen LogP contribution in [0.25, 0.3) is 0 Å². The molecule has 0 amide bonds. The molecule has 19 heavy (non-hydrogen) atoms. The first-order valence-corrected chi connectivity index (χ1v) is 6.52. The molecule has 1 unspecified atom stereocenters. The van der Waals surface area contributed by atoms with Gasteiger partial charge in [0.1, 0.15) is 11.9 Å². The molecule has 2 heterocycles. The van der Waals surface area contributed by atoms with Crippen LogP contribution >= 0.6 is 0 Å². The second-order valence-corrected chi connectivity index (χ2v) is 5.82. The molecular formula is C13H22N4O2. The van der Waals surface area contributed by atoms with Gasteiger partial charge in [0.05, 0.1) is 18.8 Å². The molecule has 1 aliphatic heterocycles. The van der Waals surface area contributed by atoms with Crippen molar-refractivity contribution < 1.29 is 9.47 Å². The minimum Gasteiger partial charge on any atom is -0.471 e. The summed E-state index contributed by atoms with van der Waals surface area (Å²) >= 11 is 0. The molecule has 0 aliphatic carbocycles. The summed E-state index contributed by atoms with van der Waals surface area (Å²) < 4.78 is 11.2. The first kappa shape index (κ1) is 14.0. The summed E-state index contributed by atoms with van der Waals surface area (Å²) in [4.78, 5) is 8.97. The number of hydrazine groups is 1. The van der Waals surface area contributed by atoms with Crippen LogP contribution in [0.1, 0.15) is 38.6 Å². The normalized spacial score (nSPS) is 19.5. The van der Waals surface area contributed by atoms with Crippen molar-refractivity contribution in [2.24, 2.45) is 5.84 Å². The lowest BCUT2D eigenvalue weighted by Crippen LogP contribution is -2.23. The Morgan fingerprint density at radius 2 is 2.11 bits per heavy atom. The number of ether oxygens (including phenoxy) is 2. The summed E-state index contributed by atoms with van der Waals surface area (Å²) in [6.07, 6.45) is 0.951.